The molecule has 0 spiro atoms. The van der Waals surface area contributed by atoms with Crippen molar-refractivity contribution in [2.45, 2.75) is 69.7 Å². The van der Waals surface area contributed by atoms with Crippen molar-refractivity contribution >= 4 is 0 Å². The van der Waals surface area contributed by atoms with Crippen molar-refractivity contribution in [2.24, 2.45) is 0 Å². The van der Waals surface area contributed by atoms with Gasteiger partial charge in [-0.15, -0.1) is 0 Å². The average molecular weight is 257 g/mol. The highest BCUT2D eigenvalue weighted by Gasteiger charge is 2.38. The molecule has 3 rings (SSSR count). The molecule has 2 atom stereocenters. The van der Waals surface area contributed by atoms with Crippen LogP contribution in [0.15, 0.2) is 24.3 Å². The van der Waals surface area contributed by atoms with Gasteiger partial charge in [-0.25, -0.2) is 0 Å². The van der Waals surface area contributed by atoms with Crippen molar-refractivity contribution < 1.29 is 0 Å². The van der Waals surface area contributed by atoms with Gasteiger partial charge in [0.05, 0.1) is 0 Å². The van der Waals surface area contributed by atoms with Crippen molar-refractivity contribution in [1.29, 1.82) is 0 Å². The fourth-order valence-corrected chi connectivity index (χ4v) is 4.07. The minimum Gasteiger partial charge on any atom is -0.314 e. The van der Waals surface area contributed by atoms with E-state index >= 15 is 0 Å². The van der Waals surface area contributed by atoms with E-state index in [1.54, 1.807) is 11.1 Å². The molecule has 2 aliphatic rings. The predicted molar refractivity (Wildman–Crippen MR) is 81.7 cm³/mol. The fraction of sp³-hybridized carbons (Fsp3) is 0.667. The van der Waals surface area contributed by atoms with E-state index in [4.69, 9.17) is 0 Å². The van der Waals surface area contributed by atoms with Crippen LogP contribution in [0.25, 0.3) is 0 Å². The highest BCUT2D eigenvalue weighted by atomic mass is 14.9. The van der Waals surface area contributed by atoms with E-state index in [9.17, 15) is 0 Å². The number of rotatable bonds is 4. The normalized spacial score (nSPS) is 31.4. The maximum atomic E-state index is 3.65. The zero-order valence-electron chi connectivity index (χ0n) is 12.4. The molecule has 0 aliphatic heterocycles. The van der Waals surface area contributed by atoms with Crippen LogP contribution in [0, 0.1) is 0 Å². The van der Waals surface area contributed by atoms with Crippen LogP contribution < -0.4 is 5.32 Å². The van der Waals surface area contributed by atoms with Crippen LogP contribution in [0.2, 0.25) is 0 Å². The first kappa shape index (κ1) is 13.2. The second-order valence-electron chi connectivity index (χ2n) is 6.77. The van der Waals surface area contributed by atoms with Crippen LogP contribution >= 0.6 is 0 Å². The molecule has 2 fully saturated rings. The third-order valence-electron chi connectivity index (χ3n) is 5.39. The Balaban J connectivity index is 1.85. The van der Waals surface area contributed by atoms with Gasteiger partial charge >= 0.3 is 0 Å². The highest BCUT2D eigenvalue weighted by Crippen LogP contribution is 2.47. The zero-order chi connectivity index (χ0) is 13.3. The van der Waals surface area contributed by atoms with Gasteiger partial charge in [0.2, 0.25) is 0 Å². The lowest BCUT2D eigenvalue weighted by Crippen LogP contribution is -2.29. The van der Waals surface area contributed by atoms with Gasteiger partial charge in [-0.1, -0.05) is 44.5 Å². The van der Waals surface area contributed by atoms with Gasteiger partial charge in [-0.3, -0.25) is 0 Å². The summed E-state index contributed by atoms with van der Waals surface area (Å²) in [6, 6.07) is 10.00. The second-order valence-corrected chi connectivity index (χ2v) is 6.77. The van der Waals surface area contributed by atoms with Gasteiger partial charge in [0.25, 0.3) is 0 Å². The van der Waals surface area contributed by atoms with Crippen molar-refractivity contribution in [3.63, 3.8) is 0 Å². The molecule has 2 saturated carbocycles. The standard InChI is InChI=1S/C18H27N/c1-3-19-15-11-12-18(2,13-15)17-10-5-4-9-16(17)14-7-6-8-14/h4-5,9-10,14-15,19H,3,6-8,11-13H2,1-2H3. The first-order valence-corrected chi connectivity index (χ1v) is 8.06. The number of hydrogen-bond acceptors (Lipinski definition) is 1. The SMILES string of the molecule is CCNC1CCC(C)(c2ccccc2C2CCC2)C1. The lowest BCUT2D eigenvalue weighted by Gasteiger charge is -2.34. The van der Waals surface area contributed by atoms with Gasteiger partial charge in [0.15, 0.2) is 0 Å². The van der Waals surface area contributed by atoms with E-state index in [0.29, 0.717) is 5.41 Å². The Bertz CT molecular complexity index is 435. The summed E-state index contributed by atoms with van der Waals surface area (Å²) in [6.45, 7) is 5.81. The van der Waals surface area contributed by atoms with E-state index < -0.39 is 0 Å². The van der Waals surface area contributed by atoms with Crippen molar-refractivity contribution in [3.8, 4) is 0 Å². The summed E-state index contributed by atoms with van der Waals surface area (Å²) in [5.74, 6) is 0.853. The number of benzene rings is 1. The van der Waals surface area contributed by atoms with E-state index in [2.05, 4.69) is 43.4 Å². The molecule has 0 radical (unpaired) electrons. The first-order valence-electron chi connectivity index (χ1n) is 8.06. The topological polar surface area (TPSA) is 12.0 Å². The Hall–Kier alpha value is -0.820. The second kappa shape index (κ2) is 5.28. The molecule has 0 saturated heterocycles. The summed E-state index contributed by atoms with van der Waals surface area (Å²) in [5, 5.41) is 3.65. The maximum Gasteiger partial charge on any atom is 0.00756 e. The molecule has 1 aromatic rings. The summed E-state index contributed by atoms with van der Waals surface area (Å²) >= 11 is 0. The Morgan fingerprint density at radius 2 is 2.00 bits per heavy atom. The highest BCUT2D eigenvalue weighted by molar-refractivity contribution is 5.38. The van der Waals surface area contributed by atoms with E-state index in [1.807, 2.05) is 0 Å². The molecule has 0 heterocycles. The molecule has 0 bridgehead atoms. The van der Waals surface area contributed by atoms with Crippen LogP contribution in [0.4, 0.5) is 0 Å². The van der Waals surface area contributed by atoms with Crippen molar-refractivity contribution in [3.05, 3.63) is 35.4 Å². The van der Waals surface area contributed by atoms with E-state index in [0.717, 1.165) is 18.5 Å². The molecule has 1 heteroatoms. The third kappa shape index (κ3) is 2.45. The smallest absolute Gasteiger partial charge is 0.00756 e. The van der Waals surface area contributed by atoms with Crippen LogP contribution in [0.5, 0.6) is 0 Å². The Kier molecular flexibility index (Phi) is 3.66. The summed E-state index contributed by atoms with van der Waals surface area (Å²) in [7, 11) is 0. The molecule has 2 aliphatic carbocycles. The molecule has 2 unspecified atom stereocenters. The minimum absolute atomic E-state index is 0.402. The van der Waals surface area contributed by atoms with Gasteiger partial charge < -0.3 is 5.32 Å². The Labute approximate surface area is 117 Å². The van der Waals surface area contributed by atoms with Gasteiger partial charge in [0, 0.05) is 6.04 Å². The van der Waals surface area contributed by atoms with Gasteiger partial charge in [-0.05, 0) is 61.1 Å². The largest absolute Gasteiger partial charge is 0.314 e. The number of nitrogens with one attached hydrogen (secondary N) is 1. The molecule has 1 aromatic carbocycles. The molecule has 0 amide bonds. The Morgan fingerprint density at radius 3 is 2.68 bits per heavy atom. The van der Waals surface area contributed by atoms with Crippen molar-refractivity contribution in [1.82, 2.24) is 5.32 Å². The quantitative estimate of drug-likeness (QED) is 0.844. The minimum atomic E-state index is 0.402. The monoisotopic (exact) mass is 257 g/mol. The molecular weight excluding hydrogens is 230 g/mol. The Morgan fingerprint density at radius 1 is 1.21 bits per heavy atom. The summed E-state index contributed by atoms with van der Waals surface area (Å²) in [5.41, 5.74) is 3.72. The van der Waals surface area contributed by atoms with Crippen LogP contribution in [0.3, 0.4) is 0 Å². The van der Waals surface area contributed by atoms with Crippen LogP contribution in [0.1, 0.15) is 69.4 Å². The van der Waals surface area contributed by atoms with E-state index in [-0.39, 0.29) is 0 Å². The summed E-state index contributed by atoms with van der Waals surface area (Å²) < 4.78 is 0. The molecule has 19 heavy (non-hydrogen) atoms. The van der Waals surface area contributed by atoms with Crippen LogP contribution in [-0.2, 0) is 5.41 Å². The average Bonchev–Trinajstić information content (AvgIpc) is 2.71. The lowest BCUT2D eigenvalue weighted by atomic mass is 9.71. The molecule has 0 aromatic heterocycles. The summed E-state index contributed by atoms with van der Waals surface area (Å²) in [4.78, 5) is 0. The fourth-order valence-electron chi connectivity index (χ4n) is 4.07. The van der Waals surface area contributed by atoms with Gasteiger partial charge in [0.1, 0.15) is 0 Å². The predicted octanol–water partition coefficient (Wildman–Crippen LogP) is 4.37. The first-order chi connectivity index (χ1) is 9.23. The van der Waals surface area contributed by atoms with Crippen molar-refractivity contribution in [2.75, 3.05) is 6.54 Å². The zero-order valence-corrected chi connectivity index (χ0v) is 12.4. The van der Waals surface area contributed by atoms with Crippen LogP contribution in [-0.4, -0.2) is 12.6 Å². The molecule has 1 N–H and O–H groups in total. The molecule has 1 nitrogen and oxygen atoms in total. The molecule has 104 valence electrons. The maximum absolute atomic E-state index is 3.65. The van der Waals surface area contributed by atoms with Gasteiger partial charge in [-0.2, -0.15) is 0 Å². The number of hydrogen-bond donors (Lipinski definition) is 1. The summed E-state index contributed by atoms with van der Waals surface area (Å²) in [6.07, 6.45) is 8.23. The lowest BCUT2D eigenvalue weighted by molar-refractivity contribution is 0.398. The van der Waals surface area contributed by atoms with E-state index in [1.165, 1.54) is 38.5 Å². The molecular formula is C18H27N. The third-order valence-corrected chi connectivity index (χ3v) is 5.39.